The van der Waals surface area contributed by atoms with E-state index in [0.29, 0.717) is 11.1 Å². The Labute approximate surface area is 121 Å². The Morgan fingerprint density at radius 1 is 1.43 bits per heavy atom. The number of aromatic nitrogens is 2. The largest absolute Gasteiger partial charge is 0.409 e. The molecule has 0 saturated heterocycles. The third kappa shape index (κ3) is 3.38. The summed E-state index contributed by atoms with van der Waals surface area (Å²) in [4.78, 5) is 19.3. The number of H-pyrrole nitrogens is 1. The summed E-state index contributed by atoms with van der Waals surface area (Å²) < 4.78 is 0. The molecule has 0 saturated carbocycles. The smallest absolute Gasteiger partial charge is 0.251 e. The Balaban J connectivity index is 2.09. The van der Waals surface area contributed by atoms with Crippen LogP contribution in [0.1, 0.15) is 41.1 Å². The molecule has 0 radical (unpaired) electrons. The molecule has 2 aromatic rings. The molecule has 1 aromatic heterocycles. The van der Waals surface area contributed by atoms with E-state index in [4.69, 9.17) is 10.9 Å². The van der Waals surface area contributed by atoms with Gasteiger partial charge in [-0.05, 0) is 18.6 Å². The highest BCUT2D eigenvalue weighted by atomic mass is 16.4. The molecule has 0 fully saturated rings. The van der Waals surface area contributed by atoms with Gasteiger partial charge in [0.2, 0.25) is 0 Å². The number of nitrogens with zero attached hydrogens (tertiary/aromatic N) is 2. The van der Waals surface area contributed by atoms with Gasteiger partial charge in [-0.1, -0.05) is 24.2 Å². The van der Waals surface area contributed by atoms with Gasteiger partial charge in [0.25, 0.3) is 5.91 Å². The fourth-order valence-electron chi connectivity index (χ4n) is 1.92. The first kappa shape index (κ1) is 14.6. The summed E-state index contributed by atoms with van der Waals surface area (Å²) in [5, 5.41) is 14.4. The summed E-state index contributed by atoms with van der Waals surface area (Å²) in [6.07, 6.45) is 4.09. The Kier molecular flexibility index (Phi) is 4.55. The lowest BCUT2D eigenvalue weighted by Gasteiger charge is -2.14. The molecule has 2 rings (SSSR count). The summed E-state index contributed by atoms with van der Waals surface area (Å²) in [5.74, 6) is 0.521. The molecule has 1 amide bonds. The van der Waals surface area contributed by atoms with Crippen molar-refractivity contribution in [3.8, 4) is 0 Å². The van der Waals surface area contributed by atoms with Crippen molar-refractivity contribution >= 4 is 11.7 Å². The van der Waals surface area contributed by atoms with E-state index >= 15 is 0 Å². The minimum Gasteiger partial charge on any atom is -0.409 e. The molecule has 0 bridgehead atoms. The van der Waals surface area contributed by atoms with Crippen LogP contribution in [0.15, 0.2) is 41.8 Å². The lowest BCUT2D eigenvalue weighted by molar-refractivity contribution is 0.0934. The lowest BCUT2D eigenvalue weighted by Crippen LogP contribution is -2.29. The number of hydrogen-bond acceptors (Lipinski definition) is 4. The van der Waals surface area contributed by atoms with Crippen molar-refractivity contribution in [2.45, 2.75) is 19.4 Å². The minimum absolute atomic E-state index is 0.00368. The van der Waals surface area contributed by atoms with Gasteiger partial charge < -0.3 is 21.2 Å². The third-order valence-electron chi connectivity index (χ3n) is 3.11. The monoisotopic (exact) mass is 287 g/mol. The van der Waals surface area contributed by atoms with E-state index in [9.17, 15) is 4.79 Å². The highest BCUT2D eigenvalue weighted by molar-refractivity contribution is 5.99. The molecule has 0 aliphatic carbocycles. The Bertz CT molecular complexity index is 619. The second-order valence-corrected chi connectivity index (χ2v) is 4.47. The van der Waals surface area contributed by atoms with Crippen molar-refractivity contribution in [2.75, 3.05) is 0 Å². The van der Waals surface area contributed by atoms with Gasteiger partial charge in [0, 0.05) is 23.5 Å². The predicted octanol–water partition coefficient (Wildman–Crippen LogP) is 1.39. The van der Waals surface area contributed by atoms with E-state index in [1.807, 2.05) is 6.92 Å². The molecular weight excluding hydrogens is 270 g/mol. The van der Waals surface area contributed by atoms with Gasteiger partial charge >= 0.3 is 0 Å². The van der Waals surface area contributed by atoms with Crippen LogP contribution in [0.3, 0.4) is 0 Å². The zero-order valence-electron chi connectivity index (χ0n) is 11.6. The molecule has 110 valence electrons. The number of nitrogens with two attached hydrogens (primary N) is 1. The Hall–Kier alpha value is -2.83. The van der Waals surface area contributed by atoms with Crippen molar-refractivity contribution in [3.05, 3.63) is 53.6 Å². The maximum atomic E-state index is 12.2. The number of imidazole rings is 1. The fraction of sp³-hybridized carbons (Fsp3) is 0.214. The van der Waals surface area contributed by atoms with E-state index in [0.717, 1.165) is 12.2 Å². The van der Waals surface area contributed by atoms with Crippen molar-refractivity contribution in [3.63, 3.8) is 0 Å². The van der Waals surface area contributed by atoms with Gasteiger partial charge in [0.15, 0.2) is 5.84 Å². The Morgan fingerprint density at radius 2 is 2.10 bits per heavy atom. The van der Waals surface area contributed by atoms with E-state index < -0.39 is 0 Å². The predicted molar refractivity (Wildman–Crippen MR) is 78.0 cm³/mol. The van der Waals surface area contributed by atoms with Crippen LogP contribution in [-0.2, 0) is 0 Å². The highest BCUT2D eigenvalue weighted by Crippen LogP contribution is 2.13. The van der Waals surface area contributed by atoms with Gasteiger partial charge in [0.05, 0.1) is 6.04 Å². The Morgan fingerprint density at radius 3 is 2.62 bits per heavy atom. The SMILES string of the molecule is CCC(NC(=O)c1ccc(/C(N)=N/O)cc1)c1ncc[nH]1. The summed E-state index contributed by atoms with van der Waals surface area (Å²) in [5.41, 5.74) is 6.52. The minimum atomic E-state index is -0.204. The zero-order chi connectivity index (χ0) is 15.2. The second-order valence-electron chi connectivity index (χ2n) is 4.47. The third-order valence-corrected chi connectivity index (χ3v) is 3.11. The quantitative estimate of drug-likeness (QED) is 0.288. The standard InChI is InChI=1S/C14H17N5O2/c1-2-11(13-16-7-8-17-13)18-14(20)10-5-3-9(4-6-10)12(15)19-21/h3-8,11,21H,2H2,1H3,(H2,15,19)(H,16,17)(H,18,20). The number of amides is 1. The van der Waals surface area contributed by atoms with E-state index in [-0.39, 0.29) is 17.8 Å². The molecule has 0 aliphatic rings. The van der Waals surface area contributed by atoms with E-state index in [1.54, 1.807) is 36.7 Å². The molecule has 7 heteroatoms. The molecule has 1 aromatic carbocycles. The normalized spacial score (nSPS) is 12.9. The van der Waals surface area contributed by atoms with Crippen LogP contribution in [0.5, 0.6) is 0 Å². The van der Waals surface area contributed by atoms with Gasteiger partial charge in [0.1, 0.15) is 5.82 Å². The lowest BCUT2D eigenvalue weighted by atomic mass is 10.1. The first-order valence-electron chi connectivity index (χ1n) is 6.53. The summed E-state index contributed by atoms with van der Waals surface area (Å²) >= 11 is 0. The highest BCUT2D eigenvalue weighted by Gasteiger charge is 2.15. The van der Waals surface area contributed by atoms with Crippen LogP contribution in [-0.4, -0.2) is 26.9 Å². The number of oxime groups is 1. The average molecular weight is 287 g/mol. The van der Waals surface area contributed by atoms with Crippen LogP contribution in [0.4, 0.5) is 0 Å². The van der Waals surface area contributed by atoms with Gasteiger partial charge in [-0.25, -0.2) is 4.98 Å². The maximum Gasteiger partial charge on any atom is 0.251 e. The first-order chi connectivity index (χ1) is 10.2. The maximum absolute atomic E-state index is 12.2. The van der Waals surface area contributed by atoms with Crippen LogP contribution in [0.2, 0.25) is 0 Å². The van der Waals surface area contributed by atoms with E-state index in [2.05, 4.69) is 20.4 Å². The van der Waals surface area contributed by atoms with Gasteiger partial charge in [-0.2, -0.15) is 0 Å². The summed E-state index contributed by atoms with van der Waals surface area (Å²) in [6, 6.07) is 6.32. The van der Waals surface area contributed by atoms with Gasteiger partial charge in [-0.3, -0.25) is 4.79 Å². The number of carbonyl (C=O) groups excluding carboxylic acids is 1. The fourth-order valence-corrected chi connectivity index (χ4v) is 1.92. The number of nitrogens with one attached hydrogen (secondary N) is 2. The van der Waals surface area contributed by atoms with Crippen molar-refractivity contribution in [1.82, 2.24) is 15.3 Å². The van der Waals surface area contributed by atoms with Crippen LogP contribution < -0.4 is 11.1 Å². The van der Waals surface area contributed by atoms with E-state index in [1.165, 1.54) is 0 Å². The second kappa shape index (κ2) is 6.56. The summed E-state index contributed by atoms with van der Waals surface area (Å²) in [7, 11) is 0. The summed E-state index contributed by atoms with van der Waals surface area (Å²) in [6.45, 7) is 1.97. The molecule has 1 unspecified atom stereocenters. The number of carbonyl (C=O) groups is 1. The van der Waals surface area contributed by atoms with Crippen LogP contribution in [0, 0.1) is 0 Å². The molecule has 21 heavy (non-hydrogen) atoms. The molecular formula is C14H17N5O2. The topological polar surface area (TPSA) is 116 Å². The van der Waals surface area contributed by atoms with Crippen LogP contribution in [0.25, 0.3) is 0 Å². The number of benzene rings is 1. The molecule has 5 N–H and O–H groups in total. The van der Waals surface area contributed by atoms with Crippen molar-refractivity contribution < 1.29 is 10.0 Å². The molecule has 7 nitrogen and oxygen atoms in total. The number of amidine groups is 1. The van der Waals surface area contributed by atoms with Crippen molar-refractivity contribution in [1.29, 1.82) is 0 Å². The molecule has 0 spiro atoms. The molecule has 0 aliphatic heterocycles. The molecule has 1 atom stereocenters. The average Bonchev–Trinajstić information content (AvgIpc) is 3.06. The number of rotatable bonds is 5. The zero-order valence-corrected chi connectivity index (χ0v) is 11.6. The van der Waals surface area contributed by atoms with Gasteiger partial charge in [-0.15, -0.1) is 0 Å². The molecule has 1 heterocycles. The van der Waals surface area contributed by atoms with Crippen molar-refractivity contribution in [2.24, 2.45) is 10.9 Å². The van der Waals surface area contributed by atoms with Crippen LogP contribution >= 0.6 is 0 Å². The number of hydrogen-bond donors (Lipinski definition) is 4. The first-order valence-corrected chi connectivity index (χ1v) is 6.53. The number of aromatic amines is 1.